The van der Waals surface area contributed by atoms with Gasteiger partial charge in [0.25, 0.3) is 0 Å². The highest BCUT2D eigenvalue weighted by molar-refractivity contribution is 9.10. The highest BCUT2D eigenvalue weighted by Crippen LogP contribution is 2.36. The lowest BCUT2D eigenvalue weighted by atomic mass is 10.2. The monoisotopic (exact) mass is 344 g/mol. The maximum absolute atomic E-state index is 5.79. The minimum absolute atomic E-state index is 0.651. The summed E-state index contributed by atoms with van der Waals surface area (Å²) in [6, 6.07) is 4.23. The van der Waals surface area contributed by atoms with E-state index in [-0.39, 0.29) is 0 Å². The van der Waals surface area contributed by atoms with E-state index in [1.165, 1.54) is 24.9 Å². The lowest BCUT2D eigenvalue weighted by molar-refractivity contribution is -0.670. The van der Waals surface area contributed by atoms with Gasteiger partial charge >= 0.3 is 0 Å². The Morgan fingerprint density at radius 2 is 1.90 bits per heavy atom. The smallest absolute Gasteiger partial charge is 0.175 e. The molecule has 0 bridgehead atoms. The molecule has 1 aromatic carbocycles. The Bertz CT molecular complexity index is 396. The molecular weight excluding hydrogens is 318 g/mol. The van der Waals surface area contributed by atoms with Crippen molar-refractivity contribution < 1.29 is 14.8 Å². The molecule has 0 aromatic heterocycles. The highest BCUT2D eigenvalue weighted by Gasteiger charge is 2.12. The van der Waals surface area contributed by atoms with Crippen molar-refractivity contribution in [2.24, 2.45) is 0 Å². The molecule has 0 saturated carbocycles. The van der Waals surface area contributed by atoms with Crippen LogP contribution in [0.3, 0.4) is 0 Å². The Hall–Kier alpha value is -0.740. The zero-order chi connectivity index (χ0) is 14.8. The third-order valence-corrected chi connectivity index (χ3v) is 3.55. The van der Waals surface area contributed by atoms with Crippen LogP contribution in [-0.2, 0) is 6.54 Å². The largest absolute Gasteiger partial charge is 0.490 e. The van der Waals surface area contributed by atoms with E-state index < -0.39 is 0 Å². The molecule has 0 saturated heterocycles. The Balaban J connectivity index is 2.77. The summed E-state index contributed by atoms with van der Waals surface area (Å²) in [6.07, 6.45) is 3.50. The van der Waals surface area contributed by atoms with E-state index in [9.17, 15) is 0 Å². The number of rotatable bonds is 10. The summed E-state index contributed by atoms with van der Waals surface area (Å²) in [5.41, 5.74) is 1.26. The van der Waals surface area contributed by atoms with E-state index in [0.29, 0.717) is 13.2 Å². The van der Waals surface area contributed by atoms with Crippen LogP contribution in [0.15, 0.2) is 16.6 Å². The Morgan fingerprint density at radius 3 is 2.55 bits per heavy atom. The number of hydrogen-bond acceptors (Lipinski definition) is 2. The molecule has 0 amide bonds. The summed E-state index contributed by atoms with van der Waals surface area (Å²) < 4.78 is 12.5. The fourth-order valence-corrected chi connectivity index (χ4v) is 2.57. The van der Waals surface area contributed by atoms with Crippen molar-refractivity contribution in [2.75, 3.05) is 19.8 Å². The van der Waals surface area contributed by atoms with E-state index >= 15 is 0 Å². The molecule has 114 valence electrons. The summed E-state index contributed by atoms with van der Waals surface area (Å²) in [7, 11) is 0. The lowest BCUT2D eigenvalue weighted by Crippen LogP contribution is -2.82. The van der Waals surface area contributed by atoms with Crippen LogP contribution in [0.2, 0.25) is 0 Å². The SMILES string of the molecule is CCCC[NH2+]Cc1cc(Br)c(OCCC)c(OCC)c1. The van der Waals surface area contributed by atoms with Crippen LogP contribution in [0.4, 0.5) is 0 Å². The number of ether oxygens (including phenoxy) is 2. The van der Waals surface area contributed by atoms with Crippen molar-refractivity contribution in [3.05, 3.63) is 22.2 Å². The van der Waals surface area contributed by atoms with Gasteiger partial charge in [0, 0.05) is 5.56 Å². The molecule has 2 N–H and O–H groups in total. The van der Waals surface area contributed by atoms with E-state index in [0.717, 1.165) is 28.9 Å². The third kappa shape index (κ3) is 5.71. The van der Waals surface area contributed by atoms with Gasteiger partial charge in [-0.15, -0.1) is 0 Å². The molecule has 20 heavy (non-hydrogen) atoms. The normalized spacial score (nSPS) is 10.6. The molecule has 0 heterocycles. The Kier molecular flexibility index (Phi) is 8.70. The highest BCUT2D eigenvalue weighted by atomic mass is 79.9. The van der Waals surface area contributed by atoms with Crippen LogP contribution < -0.4 is 14.8 Å². The predicted molar refractivity (Wildman–Crippen MR) is 86.5 cm³/mol. The van der Waals surface area contributed by atoms with E-state index in [4.69, 9.17) is 9.47 Å². The molecule has 0 atom stereocenters. The minimum atomic E-state index is 0.651. The molecule has 0 aliphatic heterocycles. The quantitative estimate of drug-likeness (QED) is 0.659. The number of unbranched alkanes of at least 4 members (excludes halogenated alkanes) is 1. The summed E-state index contributed by atoms with van der Waals surface area (Å²) in [5.74, 6) is 1.67. The van der Waals surface area contributed by atoms with E-state index in [1.54, 1.807) is 0 Å². The van der Waals surface area contributed by atoms with Gasteiger partial charge < -0.3 is 14.8 Å². The number of halogens is 1. The first-order valence-corrected chi connectivity index (χ1v) is 8.41. The maximum atomic E-state index is 5.79. The average molecular weight is 345 g/mol. The average Bonchev–Trinajstić information content (AvgIpc) is 2.43. The Morgan fingerprint density at radius 1 is 1.10 bits per heavy atom. The van der Waals surface area contributed by atoms with E-state index in [2.05, 4.69) is 47.2 Å². The second-order valence-electron chi connectivity index (χ2n) is 4.82. The van der Waals surface area contributed by atoms with Crippen molar-refractivity contribution in [3.8, 4) is 11.5 Å². The number of nitrogens with two attached hydrogens (primary N) is 1. The maximum Gasteiger partial charge on any atom is 0.175 e. The fraction of sp³-hybridized carbons (Fsp3) is 0.625. The van der Waals surface area contributed by atoms with E-state index in [1.807, 2.05) is 6.92 Å². The standard InChI is InChI=1S/C16H26BrNO2/c1-4-7-8-18-12-13-10-14(17)16(20-9-5-2)15(11-13)19-6-3/h10-11,18H,4-9,12H2,1-3H3/p+1. The van der Waals surface area contributed by atoms with Crippen LogP contribution in [0.1, 0.15) is 45.6 Å². The van der Waals surface area contributed by atoms with Crippen molar-refractivity contribution in [1.29, 1.82) is 0 Å². The van der Waals surface area contributed by atoms with Crippen molar-refractivity contribution in [2.45, 2.75) is 46.6 Å². The van der Waals surface area contributed by atoms with Crippen LogP contribution in [0, 0.1) is 0 Å². The lowest BCUT2D eigenvalue weighted by Gasteiger charge is -2.14. The topological polar surface area (TPSA) is 35.1 Å². The van der Waals surface area contributed by atoms with Crippen LogP contribution >= 0.6 is 15.9 Å². The van der Waals surface area contributed by atoms with Gasteiger partial charge in [-0.25, -0.2) is 0 Å². The summed E-state index contributed by atoms with van der Waals surface area (Å²) >= 11 is 3.60. The fourth-order valence-electron chi connectivity index (χ4n) is 1.96. The van der Waals surface area contributed by atoms with Gasteiger partial charge in [-0.2, -0.15) is 0 Å². The zero-order valence-corrected chi connectivity index (χ0v) is 14.5. The molecule has 0 radical (unpaired) electrons. The van der Waals surface area contributed by atoms with Gasteiger partial charge in [0.1, 0.15) is 6.54 Å². The van der Waals surface area contributed by atoms with Gasteiger partial charge in [-0.1, -0.05) is 20.3 Å². The zero-order valence-electron chi connectivity index (χ0n) is 12.9. The molecule has 3 nitrogen and oxygen atoms in total. The molecule has 4 heteroatoms. The molecule has 0 unspecified atom stereocenters. The molecule has 1 aromatic rings. The first kappa shape index (κ1) is 17.3. The molecule has 0 fully saturated rings. The molecule has 1 rings (SSSR count). The van der Waals surface area contributed by atoms with Gasteiger partial charge in [-0.05, 0) is 47.8 Å². The second kappa shape index (κ2) is 10.1. The molecule has 0 spiro atoms. The molecular formula is C16H27BrNO2+. The van der Waals surface area contributed by atoms with Crippen molar-refractivity contribution >= 4 is 15.9 Å². The summed E-state index contributed by atoms with van der Waals surface area (Å²) in [6.45, 7) is 9.83. The third-order valence-electron chi connectivity index (χ3n) is 2.96. The van der Waals surface area contributed by atoms with Crippen LogP contribution in [-0.4, -0.2) is 19.8 Å². The van der Waals surface area contributed by atoms with Crippen molar-refractivity contribution in [3.63, 3.8) is 0 Å². The Labute approximate surface area is 131 Å². The van der Waals surface area contributed by atoms with Crippen LogP contribution in [0.5, 0.6) is 11.5 Å². The van der Waals surface area contributed by atoms with Gasteiger partial charge in [0.05, 0.1) is 24.2 Å². The van der Waals surface area contributed by atoms with Crippen LogP contribution in [0.25, 0.3) is 0 Å². The number of hydrogen-bond donors (Lipinski definition) is 1. The van der Waals surface area contributed by atoms with Crippen molar-refractivity contribution in [1.82, 2.24) is 0 Å². The summed E-state index contributed by atoms with van der Waals surface area (Å²) in [4.78, 5) is 0. The molecule has 0 aliphatic rings. The molecule has 0 aliphatic carbocycles. The number of benzene rings is 1. The van der Waals surface area contributed by atoms with Gasteiger partial charge in [0.2, 0.25) is 0 Å². The minimum Gasteiger partial charge on any atom is -0.490 e. The summed E-state index contributed by atoms with van der Waals surface area (Å²) in [5, 5.41) is 2.34. The predicted octanol–water partition coefficient (Wildman–Crippen LogP) is 3.50. The number of quaternary nitrogens is 1. The van der Waals surface area contributed by atoms with Gasteiger partial charge in [-0.3, -0.25) is 0 Å². The van der Waals surface area contributed by atoms with Gasteiger partial charge in [0.15, 0.2) is 11.5 Å². The first-order chi connectivity index (χ1) is 9.72. The first-order valence-electron chi connectivity index (χ1n) is 7.62. The second-order valence-corrected chi connectivity index (χ2v) is 5.68.